The van der Waals surface area contributed by atoms with Crippen LogP contribution in [-0.4, -0.2) is 15.9 Å². The van der Waals surface area contributed by atoms with Gasteiger partial charge in [-0.15, -0.1) is 0 Å². The monoisotopic (exact) mass is 246 g/mol. The Hall–Kier alpha value is -2.50. The maximum atomic E-state index is 13.3. The third-order valence-corrected chi connectivity index (χ3v) is 2.37. The number of pyridine rings is 2. The standard InChI is InChI=1S/C12H11FN4O/c1-7-9(4-8(14)5-16-7)12(18)17-11-2-3-15-6-10(11)13/h2-6H,14H2,1H3,(H,15,17,18). The van der Waals surface area contributed by atoms with Crippen LogP contribution < -0.4 is 11.1 Å². The van der Waals surface area contributed by atoms with Gasteiger partial charge in [0.1, 0.15) is 0 Å². The van der Waals surface area contributed by atoms with Crippen LogP contribution in [0.5, 0.6) is 0 Å². The lowest BCUT2D eigenvalue weighted by molar-refractivity contribution is 0.102. The highest BCUT2D eigenvalue weighted by Crippen LogP contribution is 2.15. The Labute approximate surface area is 103 Å². The predicted molar refractivity (Wildman–Crippen MR) is 65.5 cm³/mol. The van der Waals surface area contributed by atoms with Gasteiger partial charge in [-0.25, -0.2) is 4.39 Å². The largest absolute Gasteiger partial charge is 0.397 e. The molecule has 5 nitrogen and oxygen atoms in total. The molecule has 0 unspecified atom stereocenters. The van der Waals surface area contributed by atoms with E-state index in [0.29, 0.717) is 16.9 Å². The molecule has 0 aliphatic heterocycles. The molecule has 0 atom stereocenters. The summed E-state index contributed by atoms with van der Waals surface area (Å²) in [7, 11) is 0. The first kappa shape index (κ1) is 12.0. The van der Waals surface area contributed by atoms with Crippen LogP contribution in [0.1, 0.15) is 16.1 Å². The SMILES string of the molecule is Cc1ncc(N)cc1C(=O)Nc1ccncc1F. The number of hydrogen-bond donors (Lipinski definition) is 2. The minimum atomic E-state index is -0.597. The summed E-state index contributed by atoms with van der Waals surface area (Å²) in [6, 6.07) is 2.87. The fourth-order valence-corrected chi connectivity index (χ4v) is 1.45. The zero-order chi connectivity index (χ0) is 13.1. The van der Waals surface area contributed by atoms with E-state index in [9.17, 15) is 9.18 Å². The van der Waals surface area contributed by atoms with Crippen molar-refractivity contribution in [2.45, 2.75) is 6.92 Å². The Bertz CT molecular complexity index is 600. The summed E-state index contributed by atoms with van der Waals surface area (Å²) in [5, 5.41) is 2.45. The molecule has 3 N–H and O–H groups in total. The van der Waals surface area contributed by atoms with Crippen molar-refractivity contribution in [1.29, 1.82) is 0 Å². The van der Waals surface area contributed by atoms with Crippen molar-refractivity contribution in [2.24, 2.45) is 0 Å². The number of anilines is 2. The number of aryl methyl sites for hydroxylation is 1. The van der Waals surface area contributed by atoms with Crippen LogP contribution in [-0.2, 0) is 0 Å². The Balaban J connectivity index is 2.28. The summed E-state index contributed by atoms with van der Waals surface area (Å²) in [6.07, 6.45) is 3.88. The zero-order valence-corrected chi connectivity index (χ0v) is 9.64. The van der Waals surface area contributed by atoms with Gasteiger partial charge in [0, 0.05) is 6.20 Å². The fourth-order valence-electron chi connectivity index (χ4n) is 1.45. The van der Waals surface area contributed by atoms with E-state index in [4.69, 9.17) is 5.73 Å². The van der Waals surface area contributed by atoms with E-state index in [1.54, 1.807) is 6.92 Å². The van der Waals surface area contributed by atoms with E-state index in [1.165, 1.54) is 24.5 Å². The van der Waals surface area contributed by atoms with Crippen LogP contribution in [0.4, 0.5) is 15.8 Å². The maximum absolute atomic E-state index is 13.3. The van der Waals surface area contributed by atoms with Crippen LogP contribution in [0.15, 0.2) is 30.7 Å². The lowest BCUT2D eigenvalue weighted by Gasteiger charge is -2.08. The molecule has 2 aromatic rings. The van der Waals surface area contributed by atoms with E-state index in [2.05, 4.69) is 15.3 Å². The molecule has 0 bridgehead atoms. The molecule has 0 aliphatic carbocycles. The van der Waals surface area contributed by atoms with Crippen molar-refractivity contribution in [1.82, 2.24) is 9.97 Å². The quantitative estimate of drug-likeness (QED) is 0.846. The second kappa shape index (κ2) is 4.79. The predicted octanol–water partition coefficient (Wildman–Crippen LogP) is 1.76. The Morgan fingerprint density at radius 3 is 2.94 bits per heavy atom. The van der Waals surface area contributed by atoms with Crippen LogP contribution in [0.25, 0.3) is 0 Å². The molecule has 18 heavy (non-hydrogen) atoms. The normalized spacial score (nSPS) is 10.1. The van der Waals surface area contributed by atoms with Gasteiger partial charge in [-0.2, -0.15) is 0 Å². The Morgan fingerprint density at radius 1 is 1.44 bits per heavy atom. The molecule has 0 saturated carbocycles. The smallest absolute Gasteiger partial charge is 0.257 e. The summed E-state index contributed by atoms with van der Waals surface area (Å²) in [5.74, 6) is -1.06. The molecule has 1 amide bonds. The second-order valence-electron chi connectivity index (χ2n) is 3.71. The first-order chi connectivity index (χ1) is 8.58. The molecule has 0 spiro atoms. The number of aromatic nitrogens is 2. The van der Waals surface area contributed by atoms with Crippen LogP contribution in [0, 0.1) is 12.7 Å². The van der Waals surface area contributed by atoms with E-state index in [1.807, 2.05) is 0 Å². The molecular formula is C12H11FN4O. The Kier molecular flexibility index (Phi) is 3.18. The molecule has 0 aromatic carbocycles. The van der Waals surface area contributed by atoms with Gasteiger partial charge in [0.25, 0.3) is 5.91 Å². The molecule has 0 fully saturated rings. The van der Waals surface area contributed by atoms with E-state index in [-0.39, 0.29) is 5.69 Å². The van der Waals surface area contributed by atoms with Gasteiger partial charge < -0.3 is 11.1 Å². The molecular weight excluding hydrogens is 235 g/mol. The van der Waals surface area contributed by atoms with Crippen molar-refractivity contribution in [2.75, 3.05) is 11.1 Å². The van der Waals surface area contributed by atoms with E-state index in [0.717, 1.165) is 6.20 Å². The van der Waals surface area contributed by atoms with Crippen molar-refractivity contribution in [3.8, 4) is 0 Å². The molecule has 0 saturated heterocycles. The number of nitrogens with one attached hydrogen (secondary N) is 1. The third-order valence-electron chi connectivity index (χ3n) is 2.37. The summed E-state index contributed by atoms with van der Waals surface area (Å²) in [6.45, 7) is 1.68. The first-order valence-corrected chi connectivity index (χ1v) is 5.21. The fraction of sp³-hybridized carbons (Fsp3) is 0.0833. The van der Waals surface area contributed by atoms with E-state index >= 15 is 0 Å². The highest BCUT2D eigenvalue weighted by Gasteiger charge is 2.12. The summed E-state index contributed by atoms with van der Waals surface area (Å²) in [5.41, 5.74) is 6.84. The van der Waals surface area contributed by atoms with Gasteiger partial charge in [0.05, 0.1) is 35.0 Å². The van der Waals surface area contributed by atoms with Crippen molar-refractivity contribution in [3.05, 3.63) is 47.8 Å². The number of carbonyl (C=O) groups excluding carboxylic acids is 1. The van der Waals surface area contributed by atoms with Crippen molar-refractivity contribution < 1.29 is 9.18 Å². The van der Waals surface area contributed by atoms with Gasteiger partial charge in [-0.05, 0) is 19.1 Å². The van der Waals surface area contributed by atoms with Gasteiger partial charge >= 0.3 is 0 Å². The summed E-state index contributed by atoms with van der Waals surface area (Å²) < 4.78 is 13.3. The zero-order valence-electron chi connectivity index (χ0n) is 9.64. The number of hydrogen-bond acceptors (Lipinski definition) is 4. The molecule has 0 aliphatic rings. The molecule has 2 heterocycles. The summed E-state index contributed by atoms with van der Waals surface area (Å²) in [4.78, 5) is 19.5. The molecule has 6 heteroatoms. The van der Waals surface area contributed by atoms with Crippen molar-refractivity contribution >= 4 is 17.3 Å². The average Bonchev–Trinajstić information content (AvgIpc) is 2.35. The van der Waals surface area contributed by atoms with Crippen molar-refractivity contribution in [3.63, 3.8) is 0 Å². The van der Waals surface area contributed by atoms with Gasteiger partial charge in [0.2, 0.25) is 0 Å². The number of amides is 1. The third kappa shape index (κ3) is 2.42. The average molecular weight is 246 g/mol. The molecule has 2 rings (SSSR count). The number of halogens is 1. The number of nitrogens with zero attached hydrogens (tertiary/aromatic N) is 2. The second-order valence-corrected chi connectivity index (χ2v) is 3.71. The van der Waals surface area contributed by atoms with Crippen LogP contribution in [0.2, 0.25) is 0 Å². The minimum absolute atomic E-state index is 0.0665. The number of carbonyl (C=O) groups is 1. The first-order valence-electron chi connectivity index (χ1n) is 5.21. The highest BCUT2D eigenvalue weighted by atomic mass is 19.1. The van der Waals surface area contributed by atoms with E-state index < -0.39 is 11.7 Å². The maximum Gasteiger partial charge on any atom is 0.257 e. The number of rotatable bonds is 2. The van der Waals surface area contributed by atoms with Crippen LogP contribution in [0.3, 0.4) is 0 Å². The Morgan fingerprint density at radius 2 is 2.22 bits per heavy atom. The highest BCUT2D eigenvalue weighted by molar-refractivity contribution is 6.05. The van der Waals surface area contributed by atoms with Gasteiger partial charge in [-0.3, -0.25) is 14.8 Å². The molecule has 2 aromatic heterocycles. The summed E-state index contributed by atoms with van der Waals surface area (Å²) >= 11 is 0. The lowest BCUT2D eigenvalue weighted by atomic mass is 10.2. The lowest BCUT2D eigenvalue weighted by Crippen LogP contribution is -2.15. The van der Waals surface area contributed by atoms with Gasteiger partial charge in [0.15, 0.2) is 5.82 Å². The number of nitrogens with two attached hydrogens (primary N) is 1. The topological polar surface area (TPSA) is 80.9 Å². The molecule has 92 valence electrons. The van der Waals surface area contributed by atoms with Crippen LogP contribution >= 0.6 is 0 Å². The van der Waals surface area contributed by atoms with Gasteiger partial charge in [-0.1, -0.05) is 0 Å². The molecule has 0 radical (unpaired) electrons. The minimum Gasteiger partial charge on any atom is -0.397 e. The number of nitrogen functional groups attached to an aromatic ring is 1.